The van der Waals surface area contributed by atoms with Gasteiger partial charge in [0.25, 0.3) is 5.56 Å². The molecule has 1 aliphatic rings. The fourth-order valence-corrected chi connectivity index (χ4v) is 3.01. The summed E-state index contributed by atoms with van der Waals surface area (Å²) < 4.78 is 11.7. The molecular weight excluding hydrogens is 398 g/mol. The van der Waals surface area contributed by atoms with Crippen molar-refractivity contribution in [2.45, 2.75) is 31.0 Å². The number of aromatic nitrogens is 4. The van der Waals surface area contributed by atoms with Crippen LogP contribution in [0.4, 0.5) is 0 Å². The van der Waals surface area contributed by atoms with E-state index in [0.717, 1.165) is 4.57 Å². The molecule has 1 aliphatic heterocycles. The van der Waals surface area contributed by atoms with Gasteiger partial charge in [-0.25, -0.2) is 9.78 Å². The number of nitrogens with zero attached hydrogens (tertiary/aromatic N) is 2. The quantitative estimate of drug-likeness (QED) is 0.313. The number of imidazole rings is 1. The summed E-state index contributed by atoms with van der Waals surface area (Å²) in [6, 6.07) is 0. The number of methoxy groups -OCH3 is 1. The van der Waals surface area contributed by atoms with E-state index in [1.807, 2.05) is 0 Å². The lowest BCUT2D eigenvalue weighted by Crippen LogP contribution is -2.39. The normalized spacial score (nSPS) is 23.0. The van der Waals surface area contributed by atoms with E-state index in [9.17, 15) is 24.6 Å². The Hall–Kier alpha value is -3.24. The second-order valence-electron chi connectivity index (χ2n) is 6.48. The van der Waals surface area contributed by atoms with Crippen molar-refractivity contribution in [3.05, 3.63) is 50.8 Å². The number of nitrogens with one attached hydrogen (secondary N) is 3. The Bertz CT molecular complexity index is 1050. The van der Waals surface area contributed by atoms with Crippen LogP contribution >= 0.6 is 0 Å². The first-order valence-corrected chi connectivity index (χ1v) is 9.00. The Morgan fingerprint density at radius 3 is 2.93 bits per heavy atom. The molecular formula is C18H21N5O7. The maximum absolute atomic E-state index is 12.2. The second-order valence-corrected chi connectivity index (χ2v) is 6.48. The third kappa shape index (κ3) is 4.66. The molecule has 5 N–H and O–H groups in total. The number of aliphatic hydroxyl groups excluding tert-OH is 2. The molecule has 1 saturated heterocycles. The lowest BCUT2D eigenvalue weighted by molar-refractivity contribution is -0.120. The molecule has 2 aromatic heterocycles. The molecule has 3 rings (SSSR count). The van der Waals surface area contributed by atoms with Gasteiger partial charge < -0.3 is 30.0 Å². The highest BCUT2D eigenvalue weighted by atomic mass is 16.6. The molecule has 0 aromatic carbocycles. The van der Waals surface area contributed by atoms with Crippen LogP contribution in [0.1, 0.15) is 17.5 Å². The molecule has 0 saturated carbocycles. The van der Waals surface area contributed by atoms with E-state index in [1.54, 1.807) is 0 Å². The number of H-pyrrole nitrogens is 2. The molecule has 12 nitrogen and oxygen atoms in total. The van der Waals surface area contributed by atoms with Crippen LogP contribution in [0, 0.1) is 11.8 Å². The van der Waals surface area contributed by atoms with Gasteiger partial charge >= 0.3 is 5.69 Å². The fourth-order valence-electron chi connectivity index (χ4n) is 3.01. The van der Waals surface area contributed by atoms with Crippen molar-refractivity contribution in [1.82, 2.24) is 24.8 Å². The van der Waals surface area contributed by atoms with E-state index >= 15 is 0 Å². The standard InChI is InChI=1S/C18H21N5O7/c1-29-15-14(26)12(8-24)30-17(15)23-7-10(16(27)22-18(23)28)3-2-4-20-13(25)5-11-6-19-9-21-11/h6-7,9,12,14-15,17,24,26H,4-5,8H2,1H3,(H,19,21)(H,20,25)(H,22,27,28)/t12-,14+,15?,17-/m1/s1. The van der Waals surface area contributed by atoms with Gasteiger partial charge in [0.05, 0.1) is 25.9 Å². The van der Waals surface area contributed by atoms with Gasteiger partial charge in [-0.3, -0.25) is 19.1 Å². The Balaban J connectivity index is 1.73. The molecule has 1 unspecified atom stereocenters. The number of hydrogen-bond donors (Lipinski definition) is 5. The zero-order valence-corrected chi connectivity index (χ0v) is 16.0. The summed E-state index contributed by atoms with van der Waals surface area (Å²) in [5, 5.41) is 22.0. The van der Waals surface area contributed by atoms with Crippen LogP contribution in [-0.2, 0) is 20.7 Å². The third-order valence-electron chi connectivity index (χ3n) is 4.51. The highest BCUT2D eigenvalue weighted by molar-refractivity contribution is 5.78. The summed E-state index contributed by atoms with van der Waals surface area (Å²) >= 11 is 0. The molecule has 3 heterocycles. The summed E-state index contributed by atoms with van der Waals surface area (Å²) in [6.45, 7) is -0.488. The van der Waals surface area contributed by atoms with Crippen LogP contribution in [0.5, 0.6) is 0 Å². The van der Waals surface area contributed by atoms with Crippen molar-refractivity contribution in [2.75, 3.05) is 20.3 Å². The molecule has 4 atom stereocenters. The fraction of sp³-hybridized carbons (Fsp3) is 0.444. The minimum atomic E-state index is -1.16. The van der Waals surface area contributed by atoms with Gasteiger partial charge in [0, 0.05) is 25.2 Å². The average Bonchev–Trinajstić information content (AvgIpc) is 3.33. The van der Waals surface area contributed by atoms with Gasteiger partial charge in [0.1, 0.15) is 23.9 Å². The maximum atomic E-state index is 12.2. The molecule has 1 fully saturated rings. The molecule has 1 amide bonds. The zero-order valence-electron chi connectivity index (χ0n) is 16.0. The largest absolute Gasteiger partial charge is 0.394 e. The van der Waals surface area contributed by atoms with Crippen LogP contribution in [-0.4, -0.2) is 74.2 Å². The number of carbonyl (C=O) groups excluding carboxylic acids is 1. The number of rotatable bonds is 6. The van der Waals surface area contributed by atoms with Crippen molar-refractivity contribution < 1.29 is 24.5 Å². The van der Waals surface area contributed by atoms with Crippen molar-refractivity contribution in [3.8, 4) is 11.8 Å². The Labute approximate surface area is 169 Å². The molecule has 160 valence electrons. The van der Waals surface area contributed by atoms with Gasteiger partial charge in [-0.05, 0) is 0 Å². The highest BCUT2D eigenvalue weighted by Crippen LogP contribution is 2.30. The van der Waals surface area contributed by atoms with Crippen molar-refractivity contribution in [2.24, 2.45) is 0 Å². The van der Waals surface area contributed by atoms with E-state index in [2.05, 4.69) is 32.1 Å². The average molecular weight is 419 g/mol. The van der Waals surface area contributed by atoms with Gasteiger partial charge in [-0.2, -0.15) is 0 Å². The van der Waals surface area contributed by atoms with Gasteiger partial charge in [0.2, 0.25) is 5.91 Å². The molecule has 0 bridgehead atoms. The Kier molecular flexibility index (Phi) is 6.80. The van der Waals surface area contributed by atoms with Crippen LogP contribution in [0.2, 0.25) is 0 Å². The first-order chi connectivity index (χ1) is 14.4. The number of hydrogen-bond acceptors (Lipinski definition) is 8. The monoisotopic (exact) mass is 419 g/mol. The SMILES string of the molecule is COC1[C@@H](O)[C@@H](CO)O[C@H]1n1cc(C#CCNC(=O)Cc2cnc[nH]2)c(=O)[nH]c1=O. The van der Waals surface area contributed by atoms with Crippen LogP contribution in [0.25, 0.3) is 0 Å². The first-order valence-electron chi connectivity index (χ1n) is 9.00. The van der Waals surface area contributed by atoms with Gasteiger partial charge in [-0.15, -0.1) is 0 Å². The number of ether oxygens (including phenoxy) is 2. The number of aromatic amines is 2. The molecule has 0 radical (unpaired) electrons. The lowest BCUT2D eigenvalue weighted by Gasteiger charge is -2.20. The number of carbonyl (C=O) groups is 1. The number of aliphatic hydroxyl groups is 2. The second kappa shape index (κ2) is 9.51. The minimum absolute atomic E-state index is 0.0164. The number of amides is 1. The summed E-state index contributed by atoms with van der Waals surface area (Å²) in [5.74, 6) is 4.95. The van der Waals surface area contributed by atoms with Crippen LogP contribution in [0.15, 0.2) is 28.3 Å². The summed E-state index contributed by atoms with van der Waals surface area (Å²) in [6.07, 6.45) is 0.178. The van der Waals surface area contributed by atoms with Crippen LogP contribution in [0.3, 0.4) is 0 Å². The smallest absolute Gasteiger partial charge is 0.330 e. The minimum Gasteiger partial charge on any atom is -0.394 e. The predicted octanol–water partition coefficient (Wildman–Crippen LogP) is -2.76. The zero-order chi connectivity index (χ0) is 21.7. The first kappa shape index (κ1) is 21.5. The van der Waals surface area contributed by atoms with E-state index in [4.69, 9.17) is 9.47 Å². The molecule has 2 aromatic rings. The summed E-state index contributed by atoms with van der Waals surface area (Å²) in [5.41, 5.74) is -0.885. The van der Waals surface area contributed by atoms with Gasteiger partial charge in [-0.1, -0.05) is 11.8 Å². The molecule has 0 spiro atoms. The lowest BCUT2D eigenvalue weighted by atomic mass is 10.1. The molecule has 12 heteroatoms. The van der Waals surface area contributed by atoms with Gasteiger partial charge in [0.15, 0.2) is 6.23 Å². The van der Waals surface area contributed by atoms with E-state index in [1.165, 1.54) is 25.8 Å². The summed E-state index contributed by atoms with van der Waals surface area (Å²) in [7, 11) is 1.33. The maximum Gasteiger partial charge on any atom is 0.330 e. The highest BCUT2D eigenvalue weighted by Gasteiger charge is 2.45. The summed E-state index contributed by atoms with van der Waals surface area (Å²) in [4.78, 5) is 44.8. The Morgan fingerprint density at radius 1 is 1.47 bits per heavy atom. The van der Waals surface area contributed by atoms with E-state index in [0.29, 0.717) is 5.69 Å². The van der Waals surface area contributed by atoms with Crippen LogP contribution < -0.4 is 16.6 Å². The predicted molar refractivity (Wildman–Crippen MR) is 101 cm³/mol. The Morgan fingerprint density at radius 2 is 2.27 bits per heavy atom. The third-order valence-corrected chi connectivity index (χ3v) is 4.51. The van der Waals surface area contributed by atoms with E-state index < -0.39 is 42.4 Å². The topological polar surface area (TPSA) is 172 Å². The van der Waals surface area contributed by atoms with E-state index in [-0.39, 0.29) is 24.4 Å². The molecule has 30 heavy (non-hydrogen) atoms. The van der Waals surface area contributed by atoms with Crippen molar-refractivity contribution >= 4 is 5.91 Å². The van der Waals surface area contributed by atoms with Crippen molar-refractivity contribution in [1.29, 1.82) is 0 Å². The van der Waals surface area contributed by atoms with Crippen molar-refractivity contribution in [3.63, 3.8) is 0 Å². The molecule has 0 aliphatic carbocycles.